The zero-order valence-electron chi connectivity index (χ0n) is 17.2. The largest absolute Gasteiger partial charge is 0.496 e. The maximum atomic E-state index is 13.6. The van der Waals surface area contributed by atoms with Crippen molar-refractivity contribution < 1.29 is 4.74 Å². The quantitative estimate of drug-likeness (QED) is 0.424. The molecule has 0 saturated heterocycles. The minimum atomic E-state index is -0.168. The Labute approximate surface area is 179 Å². The summed E-state index contributed by atoms with van der Waals surface area (Å²) in [6.45, 7) is 0. The molecule has 0 aliphatic heterocycles. The Kier molecular flexibility index (Phi) is 4.34. The Morgan fingerprint density at radius 2 is 1.52 bits per heavy atom. The van der Waals surface area contributed by atoms with E-state index in [4.69, 9.17) is 4.74 Å². The number of methoxy groups -OCH3 is 1. The smallest absolute Gasteiger partial charge is 0.275 e. The normalized spacial score (nSPS) is 11.0. The second-order valence-electron chi connectivity index (χ2n) is 7.31. The highest BCUT2D eigenvalue weighted by Crippen LogP contribution is 2.41. The maximum Gasteiger partial charge on any atom is 0.275 e. The molecule has 2 aromatic heterocycles. The van der Waals surface area contributed by atoms with Gasteiger partial charge in [0.1, 0.15) is 17.3 Å². The third-order valence-corrected chi connectivity index (χ3v) is 5.70. The van der Waals surface area contributed by atoms with Gasteiger partial charge in [-0.2, -0.15) is 5.26 Å². The fourth-order valence-electron chi connectivity index (χ4n) is 4.31. The van der Waals surface area contributed by atoms with E-state index in [9.17, 15) is 10.1 Å². The van der Waals surface area contributed by atoms with Crippen LogP contribution in [0.4, 0.5) is 0 Å². The molecular formula is C26H19N3O2. The van der Waals surface area contributed by atoms with Gasteiger partial charge < -0.3 is 13.7 Å². The van der Waals surface area contributed by atoms with Crippen LogP contribution in [-0.2, 0) is 7.05 Å². The summed E-state index contributed by atoms with van der Waals surface area (Å²) in [5.74, 6) is 0.612. The van der Waals surface area contributed by atoms with Crippen LogP contribution >= 0.6 is 0 Å². The van der Waals surface area contributed by atoms with E-state index >= 15 is 0 Å². The molecule has 0 atom stereocenters. The number of nitriles is 1. The molecule has 0 fully saturated rings. The predicted molar refractivity (Wildman–Crippen MR) is 122 cm³/mol. The van der Waals surface area contributed by atoms with Crippen molar-refractivity contribution >= 4 is 16.6 Å². The number of hydrogen-bond donors (Lipinski definition) is 0. The topological polar surface area (TPSA) is 59.4 Å². The first-order valence-corrected chi connectivity index (χ1v) is 9.92. The number of aryl methyl sites for hydroxylation is 1. The summed E-state index contributed by atoms with van der Waals surface area (Å²) in [4.78, 5) is 13.6. The number of hydrogen-bond acceptors (Lipinski definition) is 3. The molecule has 31 heavy (non-hydrogen) atoms. The van der Waals surface area contributed by atoms with Crippen molar-refractivity contribution in [3.63, 3.8) is 0 Å². The van der Waals surface area contributed by atoms with Crippen LogP contribution in [0.25, 0.3) is 38.9 Å². The van der Waals surface area contributed by atoms with Gasteiger partial charge in [-0.3, -0.25) is 4.79 Å². The van der Waals surface area contributed by atoms with Gasteiger partial charge in [0.05, 0.1) is 29.4 Å². The molecule has 5 heteroatoms. The number of aromatic nitrogens is 2. The molecule has 0 unspecified atom stereocenters. The van der Waals surface area contributed by atoms with Gasteiger partial charge in [0.2, 0.25) is 0 Å². The number of benzene rings is 3. The van der Waals surface area contributed by atoms with E-state index in [1.54, 1.807) is 18.7 Å². The Morgan fingerprint density at radius 3 is 2.23 bits per heavy atom. The minimum Gasteiger partial charge on any atom is -0.496 e. The second-order valence-corrected chi connectivity index (χ2v) is 7.31. The molecule has 2 heterocycles. The molecule has 0 saturated carbocycles. The second kappa shape index (κ2) is 7.19. The van der Waals surface area contributed by atoms with Crippen LogP contribution in [-0.4, -0.2) is 16.1 Å². The molecule has 5 rings (SSSR count). The summed E-state index contributed by atoms with van der Waals surface area (Å²) < 4.78 is 9.16. The van der Waals surface area contributed by atoms with Crippen LogP contribution in [0.2, 0.25) is 0 Å². The molecule has 0 bridgehead atoms. The molecule has 0 aliphatic carbocycles. The van der Waals surface area contributed by atoms with Crippen LogP contribution in [0.1, 0.15) is 5.56 Å². The Morgan fingerprint density at radius 1 is 0.871 bits per heavy atom. The SMILES string of the molecule is COc1ccccc1-c1c(C#N)c(-c2ccccc2)n2c1c(=O)n(C)c1ccccc12. The lowest BCUT2D eigenvalue weighted by Gasteiger charge is -2.12. The summed E-state index contributed by atoms with van der Waals surface area (Å²) >= 11 is 0. The van der Waals surface area contributed by atoms with Crippen molar-refractivity contribution in [1.29, 1.82) is 5.26 Å². The average molecular weight is 405 g/mol. The Hall–Kier alpha value is -4.30. The summed E-state index contributed by atoms with van der Waals surface area (Å²) in [5, 5.41) is 10.3. The monoisotopic (exact) mass is 405 g/mol. The van der Waals surface area contributed by atoms with Gasteiger partial charge in [0, 0.05) is 18.2 Å². The van der Waals surface area contributed by atoms with E-state index in [1.165, 1.54) is 0 Å². The van der Waals surface area contributed by atoms with E-state index in [-0.39, 0.29) is 5.56 Å². The lowest BCUT2D eigenvalue weighted by Crippen LogP contribution is -2.20. The van der Waals surface area contributed by atoms with E-state index < -0.39 is 0 Å². The lowest BCUT2D eigenvalue weighted by atomic mass is 9.99. The number of rotatable bonds is 3. The van der Waals surface area contributed by atoms with Crippen molar-refractivity contribution in [2.45, 2.75) is 0 Å². The zero-order valence-corrected chi connectivity index (χ0v) is 17.2. The van der Waals surface area contributed by atoms with E-state index in [2.05, 4.69) is 6.07 Å². The number of para-hydroxylation sites is 3. The molecule has 0 radical (unpaired) electrons. The molecule has 5 nitrogen and oxygen atoms in total. The van der Waals surface area contributed by atoms with Crippen LogP contribution in [0, 0.1) is 11.3 Å². The first-order chi connectivity index (χ1) is 15.2. The van der Waals surface area contributed by atoms with Gasteiger partial charge in [-0.25, -0.2) is 0 Å². The molecule has 0 aliphatic rings. The summed E-state index contributed by atoms with van der Waals surface area (Å²) in [5.41, 5.74) is 5.27. The number of ether oxygens (including phenoxy) is 1. The molecular weight excluding hydrogens is 386 g/mol. The Bertz CT molecular complexity index is 1550. The molecule has 0 N–H and O–H groups in total. The number of fused-ring (bicyclic) bond motifs is 3. The predicted octanol–water partition coefficient (Wildman–Crippen LogP) is 5.01. The van der Waals surface area contributed by atoms with Crippen molar-refractivity contribution in [2.24, 2.45) is 7.05 Å². The van der Waals surface area contributed by atoms with E-state index in [1.807, 2.05) is 83.3 Å². The van der Waals surface area contributed by atoms with Crippen molar-refractivity contribution in [3.8, 4) is 34.2 Å². The highest BCUT2D eigenvalue weighted by molar-refractivity contribution is 5.98. The van der Waals surface area contributed by atoms with Gasteiger partial charge in [-0.05, 0) is 23.8 Å². The van der Waals surface area contributed by atoms with Crippen molar-refractivity contribution in [1.82, 2.24) is 8.97 Å². The highest BCUT2D eigenvalue weighted by atomic mass is 16.5. The van der Waals surface area contributed by atoms with E-state index in [0.717, 1.165) is 16.6 Å². The molecule has 0 amide bonds. The van der Waals surface area contributed by atoms with E-state index in [0.29, 0.717) is 33.7 Å². The first kappa shape index (κ1) is 18.7. The van der Waals surface area contributed by atoms with Gasteiger partial charge in [0.25, 0.3) is 5.56 Å². The Balaban J connectivity index is 2.12. The number of nitrogens with zero attached hydrogens (tertiary/aromatic N) is 3. The molecule has 3 aromatic carbocycles. The average Bonchev–Trinajstić information content (AvgIpc) is 3.18. The summed E-state index contributed by atoms with van der Waals surface area (Å²) in [6, 6.07) is 27.3. The standard InChI is InChI=1S/C26H19N3O2/c1-28-20-13-7-8-14-21(20)29-24(17-10-4-3-5-11-17)19(16-27)23(25(29)26(28)30)18-12-6-9-15-22(18)31-2/h3-15H,1-2H3. The minimum absolute atomic E-state index is 0.168. The summed E-state index contributed by atoms with van der Waals surface area (Å²) in [7, 11) is 3.35. The van der Waals surface area contributed by atoms with Gasteiger partial charge >= 0.3 is 0 Å². The van der Waals surface area contributed by atoms with Crippen LogP contribution in [0.3, 0.4) is 0 Å². The molecule has 0 spiro atoms. The first-order valence-electron chi connectivity index (χ1n) is 9.92. The maximum absolute atomic E-state index is 13.6. The van der Waals surface area contributed by atoms with Crippen LogP contribution < -0.4 is 10.3 Å². The van der Waals surface area contributed by atoms with Crippen molar-refractivity contribution in [3.05, 3.63) is 94.8 Å². The fraction of sp³-hybridized carbons (Fsp3) is 0.0769. The van der Waals surface area contributed by atoms with Crippen LogP contribution in [0.15, 0.2) is 83.7 Å². The van der Waals surface area contributed by atoms with Gasteiger partial charge in [0.15, 0.2) is 0 Å². The fourth-order valence-corrected chi connectivity index (χ4v) is 4.31. The van der Waals surface area contributed by atoms with Gasteiger partial charge in [-0.15, -0.1) is 0 Å². The zero-order chi connectivity index (χ0) is 21.5. The lowest BCUT2D eigenvalue weighted by molar-refractivity contribution is 0.416. The highest BCUT2D eigenvalue weighted by Gasteiger charge is 2.26. The molecule has 150 valence electrons. The molecule has 5 aromatic rings. The summed E-state index contributed by atoms with van der Waals surface area (Å²) in [6.07, 6.45) is 0. The van der Waals surface area contributed by atoms with Gasteiger partial charge in [-0.1, -0.05) is 60.7 Å². The third-order valence-electron chi connectivity index (χ3n) is 5.70. The van der Waals surface area contributed by atoms with Crippen LogP contribution in [0.5, 0.6) is 5.75 Å². The van der Waals surface area contributed by atoms with Crippen molar-refractivity contribution in [2.75, 3.05) is 7.11 Å². The third kappa shape index (κ3) is 2.66.